The first-order valence-electron chi connectivity index (χ1n) is 11.6. The van der Waals surface area contributed by atoms with Crippen LogP contribution in [0.3, 0.4) is 0 Å². The molecule has 166 valence electrons. The third-order valence-electron chi connectivity index (χ3n) is 7.35. The van der Waals surface area contributed by atoms with E-state index in [1.807, 2.05) is 12.1 Å². The van der Waals surface area contributed by atoms with Gasteiger partial charge in [-0.15, -0.1) is 0 Å². The van der Waals surface area contributed by atoms with Gasteiger partial charge < -0.3 is 0 Å². The van der Waals surface area contributed by atoms with Gasteiger partial charge in [-0.2, -0.15) is 0 Å². The minimum absolute atomic E-state index is 0.155. The molecular formula is C31H30OS. The summed E-state index contributed by atoms with van der Waals surface area (Å²) < 4.78 is 13.9. The van der Waals surface area contributed by atoms with Crippen LogP contribution in [0.15, 0.2) is 107 Å². The summed E-state index contributed by atoms with van der Waals surface area (Å²) in [6.07, 6.45) is 0.828. The summed E-state index contributed by atoms with van der Waals surface area (Å²) in [5, 5.41) is 0. The fourth-order valence-corrected chi connectivity index (χ4v) is 6.35. The number of hydrogen-bond acceptors (Lipinski definition) is 1. The summed E-state index contributed by atoms with van der Waals surface area (Å²) >= 11 is 0. The Labute approximate surface area is 200 Å². The molecule has 0 fully saturated rings. The molecule has 33 heavy (non-hydrogen) atoms. The maximum atomic E-state index is 13.9. The Morgan fingerprint density at radius 1 is 0.545 bits per heavy atom. The van der Waals surface area contributed by atoms with Gasteiger partial charge in [-0.25, -0.2) is 4.21 Å². The Balaban J connectivity index is 1.55. The van der Waals surface area contributed by atoms with Gasteiger partial charge in [-0.1, -0.05) is 113 Å². The van der Waals surface area contributed by atoms with Crippen LogP contribution in [0.5, 0.6) is 0 Å². The lowest BCUT2D eigenvalue weighted by Crippen LogP contribution is -2.21. The van der Waals surface area contributed by atoms with E-state index in [1.165, 1.54) is 33.4 Å². The van der Waals surface area contributed by atoms with Crippen molar-refractivity contribution in [3.63, 3.8) is 0 Å². The molecule has 0 N–H and O–H groups in total. The zero-order chi connectivity index (χ0) is 23.2. The maximum Gasteiger partial charge on any atom is 0.0855 e. The molecule has 0 radical (unpaired) electrons. The average Bonchev–Trinajstić information content (AvgIpc) is 2.85. The van der Waals surface area contributed by atoms with Crippen LogP contribution >= 0.6 is 0 Å². The molecule has 0 unspecified atom stereocenters. The van der Waals surface area contributed by atoms with Gasteiger partial charge in [0.15, 0.2) is 0 Å². The molecule has 1 aliphatic heterocycles. The molecule has 4 aromatic rings. The van der Waals surface area contributed by atoms with Crippen molar-refractivity contribution in [1.29, 1.82) is 0 Å². The van der Waals surface area contributed by atoms with Gasteiger partial charge in [-0.3, -0.25) is 0 Å². The second kappa shape index (κ2) is 8.11. The Kier molecular flexibility index (Phi) is 5.37. The summed E-state index contributed by atoms with van der Waals surface area (Å²) in [6.45, 7) is 8.96. The van der Waals surface area contributed by atoms with Gasteiger partial charge in [0.2, 0.25) is 0 Å². The van der Waals surface area contributed by atoms with Crippen LogP contribution in [-0.2, 0) is 28.1 Å². The molecule has 1 heterocycles. The van der Waals surface area contributed by atoms with Crippen molar-refractivity contribution in [2.45, 2.75) is 54.7 Å². The second-order valence-corrected chi connectivity index (χ2v) is 11.5. The van der Waals surface area contributed by atoms with Crippen LogP contribution in [-0.4, -0.2) is 4.21 Å². The van der Waals surface area contributed by atoms with Crippen LogP contribution in [0.4, 0.5) is 0 Å². The summed E-state index contributed by atoms with van der Waals surface area (Å²) in [5.41, 5.74) is 6.95. The first kappa shape index (κ1) is 21.9. The SMILES string of the molecule is CC(C)(c1ccccc1)c1ccc2c(c1)S(=O)c1cc(C(C)(C)c3ccccc3)ccc1C2. The quantitative estimate of drug-likeness (QED) is 0.279. The van der Waals surface area contributed by atoms with Crippen LogP contribution in [0.25, 0.3) is 0 Å². The van der Waals surface area contributed by atoms with E-state index in [9.17, 15) is 4.21 Å². The maximum absolute atomic E-state index is 13.9. The third-order valence-corrected chi connectivity index (χ3v) is 8.91. The van der Waals surface area contributed by atoms with Crippen molar-refractivity contribution in [2.75, 3.05) is 0 Å². The first-order valence-corrected chi connectivity index (χ1v) is 12.7. The highest BCUT2D eigenvalue weighted by molar-refractivity contribution is 7.85. The van der Waals surface area contributed by atoms with Gasteiger partial charge in [0.1, 0.15) is 0 Å². The lowest BCUT2D eigenvalue weighted by molar-refractivity contribution is 0.634. The molecule has 0 saturated carbocycles. The molecule has 0 amide bonds. The van der Waals surface area contributed by atoms with Gasteiger partial charge in [0.25, 0.3) is 0 Å². The molecule has 0 atom stereocenters. The molecule has 0 saturated heterocycles. The molecule has 2 heteroatoms. The second-order valence-electron chi connectivity index (χ2n) is 10.1. The Bertz CT molecular complexity index is 1230. The van der Waals surface area contributed by atoms with Crippen molar-refractivity contribution in [3.05, 3.63) is 130 Å². The molecule has 1 aliphatic rings. The fraction of sp³-hybridized carbons (Fsp3) is 0.226. The lowest BCUT2D eigenvalue weighted by Gasteiger charge is -2.30. The zero-order valence-corrected chi connectivity index (χ0v) is 20.6. The van der Waals surface area contributed by atoms with E-state index in [0.29, 0.717) is 0 Å². The van der Waals surface area contributed by atoms with Gasteiger partial charge in [0.05, 0.1) is 10.8 Å². The van der Waals surface area contributed by atoms with E-state index < -0.39 is 10.8 Å². The molecule has 0 bridgehead atoms. The van der Waals surface area contributed by atoms with E-state index >= 15 is 0 Å². The van der Waals surface area contributed by atoms with Crippen molar-refractivity contribution in [3.8, 4) is 0 Å². The molecule has 0 spiro atoms. The molecular weight excluding hydrogens is 420 g/mol. The van der Waals surface area contributed by atoms with E-state index in [0.717, 1.165) is 16.2 Å². The third kappa shape index (κ3) is 3.77. The summed E-state index contributed by atoms with van der Waals surface area (Å²) in [5.74, 6) is 0. The topological polar surface area (TPSA) is 17.1 Å². The predicted molar refractivity (Wildman–Crippen MR) is 138 cm³/mol. The van der Waals surface area contributed by atoms with Crippen molar-refractivity contribution < 1.29 is 4.21 Å². The van der Waals surface area contributed by atoms with E-state index in [2.05, 4.69) is 113 Å². The standard InChI is InChI=1S/C31H30OS/c1-30(2,24-11-7-5-8-12-24)26-17-15-22-19-23-16-18-27(21-29(23)33(32)28(22)20-26)31(3,4)25-13-9-6-10-14-25/h5-18,20-21H,19H2,1-4H3. The van der Waals surface area contributed by atoms with Gasteiger partial charge >= 0.3 is 0 Å². The van der Waals surface area contributed by atoms with Crippen molar-refractivity contribution in [1.82, 2.24) is 0 Å². The van der Waals surface area contributed by atoms with Crippen LogP contribution in [0.1, 0.15) is 61.1 Å². The zero-order valence-electron chi connectivity index (χ0n) is 19.8. The van der Waals surface area contributed by atoms with E-state index in [-0.39, 0.29) is 10.8 Å². The number of fused-ring (bicyclic) bond motifs is 2. The van der Waals surface area contributed by atoms with Crippen LogP contribution < -0.4 is 0 Å². The minimum atomic E-state index is -1.19. The normalized spacial score (nSPS) is 13.9. The van der Waals surface area contributed by atoms with Gasteiger partial charge in [0, 0.05) is 20.6 Å². The minimum Gasteiger partial charge on any atom is -0.249 e. The fourth-order valence-electron chi connectivity index (χ4n) is 4.89. The predicted octanol–water partition coefficient (Wildman–Crippen LogP) is 7.41. The smallest absolute Gasteiger partial charge is 0.0855 e. The summed E-state index contributed by atoms with van der Waals surface area (Å²) in [4.78, 5) is 1.91. The van der Waals surface area contributed by atoms with Crippen molar-refractivity contribution >= 4 is 10.8 Å². The molecule has 5 rings (SSSR count). The molecule has 0 aromatic heterocycles. The van der Waals surface area contributed by atoms with E-state index in [1.54, 1.807) is 0 Å². The van der Waals surface area contributed by atoms with E-state index in [4.69, 9.17) is 0 Å². The van der Waals surface area contributed by atoms with Crippen LogP contribution in [0.2, 0.25) is 0 Å². The largest absolute Gasteiger partial charge is 0.249 e. The molecule has 1 nitrogen and oxygen atoms in total. The van der Waals surface area contributed by atoms with Gasteiger partial charge in [-0.05, 0) is 51.9 Å². The highest BCUT2D eigenvalue weighted by Gasteiger charge is 2.30. The van der Waals surface area contributed by atoms with Crippen molar-refractivity contribution in [2.24, 2.45) is 0 Å². The first-order chi connectivity index (χ1) is 15.8. The number of hydrogen-bond donors (Lipinski definition) is 0. The monoisotopic (exact) mass is 450 g/mol. The Hall–Kier alpha value is -2.97. The lowest BCUT2D eigenvalue weighted by atomic mass is 9.77. The highest BCUT2D eigenvalue weighted by Crippen LogP contribution is 2.39. The molecule has 4 aromatic carbocycles. The van der Waals surface area contributed by atoms with Crippen LogP contribution in [0, 0.1) is 0 Å². The summed E-state index contributed by atoms with van der Waals surface area (Å²) in [6, 6.07) is 34.2. The summed E-state index contributed by atoms with van der Waals surface area (Å²) in [7, 11) is -1.19. The number of rotatable bonds is 4. The highest BCUT2D eigenvalue weighted by atomic mass is 32.2. The average molecular weight is 451 g/mol. The number of benzene rings is 4. The molecule has 0 aliphatic carbocycles. The Morgan fingerprint density at radius 3 is 1.33 bits per heavy atom. The Morgan fingerprint density at radius 2 is 0.939 bits per heavy atom.